The molecular weight excluding hydrogens is 442 g/mol. The van der Waals surface area contributed by atoms with Gasteiger partial charge in [0.25, 0.3) is 0 Å². The standard InChI is InChI=1S/C20H21N3O4S3/c1-25-14-6-4-13(5-7-14)11-28-19-22-23-20(30-19)29-12-18(24)21-16-9-8-15(26-2)10-17(16)27-3/h4-10H,11-12H2,1-3H3,(H,21,24). The maximum Gasteiger partial charge on any atom is 0.234 e. The van der Waals surface area contributed by atoms with Crippen LogP contribution in [0.15, 0.2) is 51.1 Å². The van der Waals surface area contributed by atoms with Crippen molar-refractivity contribution in [1.82, 2.24) is 10.2 Å². The Morgan fingerprint density at radius 3 is 2.27 bits per heavy atom. The second-order valence-electron chi connectivity index (χ2n) is 5.87. The highest BCUT2D eigenvalue weighted by atomic mass is 32.2. The van der Waals surface area contributed by atoms with Crippen LogP contribution in [0.4, 0.5) is 5.69 Å². The van der Waals surface area contributed by atoms with Crippen LogP contribution in [0, 0.1) is 0 Å². The van der Waals surface area contributed by atoms with Gasteiger partial charge in [0.2, 0.25) is 5.91 Å². The summed E-state index contributed by atoms with van der Waals surface area (Å²) in [5.74, 6) is 2.91. The molecule has 3 rings (SSSR count). The van der Waals surface area contributed by atoms with Crippen LogP contribution in [-0.4, -0.2) is 43.2 Å². The van der Waals surface area contributed by atoms with E-state index < -0.39 is 0 Å². The molecule has 0 unspecified atom stereocenters. The number of thioether (sulfide) groups is 2. The fraction of sp³-hybridized carbons (Fsp3) is 0.250. The van der Waals surface area contributed by atoms with Crippen LogP contribution in [0.3, 0.4) is 0 Å². The highest BCUT2D eigenvalue weighted by Crippen LogP contribution is 2.32. The highest BCUT2D eigenvalue weighted by Gasteiger charge is 2.12. The predicted molar refractivity (Wildman–Crippen MR) is 121 cm³/mol. The third-order valence-corrected chi connectivity index (χ3v) is 7.18. The second-order valence-corrected chi connectivity index (χ2v) is 9.30. The Bertz CT molecular complexity index is 980. The van der Waals surface area contributed by atoms with E-state index in [0.717, 1.165) is 20.2 Å². The first-order valence-electron chi connectivity index (χ1n) is 8.85. The molecule has 0 saturated carbocycles. The van der Waals surface area contributed by atoms with Gasteiger partial charge >= 0.3 is 0 Å². The number of aromatic nitrogens is 2. The molecule has 0 aliphatic carbocycles. The molecule has 0 atom stereocenters. The van der Waals surface area contributed by atoms with E-state index in [4.69, 9.17) is 14.2 Å². The van der Waals surface area contributed by atoms with Crippen molar-refractivity contribution < 1.29 is 19.0 Å². The molecule has 0 spiro atoms. The Morgan fingerprint density at radius 1 is 0.933 bits per heavy atom. The summed E-state index contributed by atoms with van der Waals surface area (Å²) in [5.41, 5.74) is 1.77. The number of anilines is 1. The zero-order valence-electron chi connectivity index (χ0n) is 16.7. The summed E-state index contributed by atoms with van der Waals surface area (Å²) in [6, 6.07) is 13.2. The van der Waals surface area contributed by atoms with Crippen LogP contribution in [0.25, 0.3) is 0 Å². The quantitative estimate of drug-likeness (QED) is 0.437. The number of carbonyl (C=O) groups excluding carboxylic acids is 1. The molecule has 0 aliphatic rings. The van der Waals surface area contributed by atoms with Gasteiger partial charge in [0.05, 0.1) is 32.8 Å². The van der Waals surface area contributed by atoms with Gasteiger partial charge in [-0.15, -0.1) is 10.2 Å². The average molecular weight is 464 g/mol. The van der Waals surface area contributed by atoms with Crippen LogP contribution in [0.2, 0.25) is 0 Å². The van der Waals surface area contributed by atoms with Crippen LogP contribution in [-0.2, 0) is 10.5 Å². The predicted octanol–water partition coefficient (Wildman–Crippen LogP) is 4.59. The average Bonchev–Trinajstić information content (AvgIpc) is 3.24. The fourth-order valence-electron chi connectivity index (χ4n) is 2.40. The molecule has 3 aromatic rings. The Hall–Kier alpha value is -2.43. The minimum Gasteiger partial charge on any atom is -0.497 e. The molecule has 0 fully saturated rings. The van der Waals surface area contributed by atoms with Crippen molar-refractivity contribution in [2.75, 3.05) is 32.4 Å². The van der Waals surface area contributed by atoms with Crippen LogP contribution in [0.1, 0.15) is 5.56 Å². The van der Waals surface area contributed by atoms with Crippen molar-refractivity contribution in [3.05, 3.63) is 48.0 Å². The van der Waals surface area contributed by atoms with Crippen molar-refractivity contribution >= 4 is 46.5 Å². The molecule has 0 bridgehead atoms. The van der Waals surface area contributed by atoms with Crippen LogP contribution < -0.4 is 19.5 Å². The summed E-state index contributed by atoms with van der Waals surface area (Å²) in [7, 11) is 4.78. The Morgan fingerprint density at radius 2 is 1.60 bits per heavy atom. The van der Waals surface area contributed by atoms with Gasteiger partial charge in [0, 0.05) is 11.8 Å². The van der Waals surface area contributed by atoms with E-state index in [1.54, 1.807) is 51.3 Å². The van der Waals surface area contributed by atoms with Gasteiger partial charge in [0.1, 0.15) is 17.2 Å². The third kappa shape index (κ3) is 6.28. The minimum absolute atomic E-state index is 0.147. The van der Waals surface area contributed by atoms with Gasteiger partial charge in [-0.25, -0.2) is 0 Å². The summed E-state index contributed by atoms with van der Waals surface area (Å²) in [4.78, 5) is 12.3. The number of rotatable bonds is 10. The zero-order chi connectivity index (χ0) is 21.3. The molecule has 1 N–H and O–H groups in total. The number of benzene rings is 2. The molecule has 0 radical (unpaired) electrons. The van der Waals surface area contributed by atoms with Gasteiger partial charge in [-0.05, 0) is 29.8 Å². The number of hydrogen-bond acceptors (Lipinski definition) is 9. The molecule has 7 nitrogen and oxygen atoms in total. The summed E-state index contributed by atoms with van der Waals surface area (Å²) >= 11 is 4.45. The summed E-state index contributed by atoms with van der Waals surface area (Å²) in [6.45, 7) is 0. The number of methoxy groups -OCH3 is 3. The molecule has 10 heteroatoms. The van der Waals surface area contributed by atoms with Crippen molar-refractivity contribution in [3.8, 4) is 17.2 Å². The van der Waals surface area contributed by atoms with Crippen molar-refractivity contribution in [2.24, 2.45) is 0 Å². The van der Waals surface area contributed by atoms with Crippen LogP contribution >= 0.6 is 34.9 Å². The van der Waals surface area contributed by atoms with Crippen molar-refractivity contribution in [1.29, 1.82) is 0 Å². The van der Waals surface area contributed by atoms with E-state index >= 15 is 0 Å². The lowest BCUT2D eigenvalue weighted by Gasteiger charge is -2.11. The topological polar surface area (TPSA) is 82.6 Å². The molecule has 1 aromatic heterocycles. The molecule has 1 amide bonds. The van der Waals surface area contributed by atoms with E-state index in [2.05, 4.69) is 15.5 Å². The minimum atomic E-state index is -0.147. The maximum absolute atomic E-state index is 12.3. The second kappa shape index (κ2) is 11.1. The molecule has 30 heavy (non-hydrogen) atoms. The van der Waals surface area contributed by atoms with E-state index in [1.807, 2.05) is 24.3 Å². The summed E-state index contributed by atoms with van der Waals surface area (Å²) in [5, 5.41) is 11.2. The smallest absolute Gasteiger partial charge is 0.234 e. The van der Waals surface area contributed by atoms with Crippen molar-refractivity contribution in [2.45, 2.75) is 14.4 Å². The van der Waals surface area contributed by atoms with E-state index in [9.17, 15) is 4.79 Å². The van der Waals surface area contributed by atoms with Gasteiger partial charge in [0.15, 0.2) is 8.68 Å². The summed E-state index contributed by atoms with van der Waals surface area (Å²) < 4.78 is 17.3. The lowest BCUT2D eigenvalue weighted by Crippen LogP contribution is -2.14. The van der Waals surface area contributed by atoms with Gasteiger partial charge in [-0.3, -0.25) is 4.79 Å². The largest absolute Gasteiger partial charge is 0.497 e. The monoisotopic (exact) mass is 463 g/mol. The van der Waals surface area contributed by atoms with Crippen LogP contribution in [0.5, 0.6) is 17.2 Å². The molecule has 1 heterocycles. The number of ether oxygens (including phenoxy) is 3. The first-order valence-corrected chi connectivity index (χ1v) is 11.6. The molecule has 0 aliphatic heterocycles. The maximum atomic E-state index is 12.3. The summed E-state index contributed by atoms with van der Waals surface area (Å²) in [6.07, 6.45) is 0. The van der Waals surface area contributed by atoms with Gasteiger partial charge < -0.3 is 19.5 Å². The van der Waals surface area contributed by atoms with Gasteiger partial charge in [-0.1, -0.05) is 47.0 Å². The number of nitrogens with zero attached hydrogens (tertiary/aromatic N) is 2. The first-order chi connectivity index (χ1) is 14.6. The Labute approximate surface area is 187 Å². The fourth-order valence-corrected chi connectivity index (χ4v) is 5.17. The van der Waals surface area contributed by atoms with E-state index in [1.165, 1.54) is 28.7 Å². The SMILES string of the molecule is COc1ccc(CSc2nnc(SCC(=O)Nc3ccc(OC)cc3OC)s2)cc1. The van der Waals surface area contributed by atoms with Gasteiger partial charge in [-0.2, -0.15) is 0 Å². The van der Waals surface area contributed by atoms with E-state index in [-0.39, 0.29) is 11.7 Å². The first kappa shape index (κ1) is 22.3. The Kier molecular flexibility index (Phi) is 8.23. The lowest BCUT2D eigenvalue weighted by molar-refractivity contribution is -0.113. The van der Waals surface area contributed by atoms with Crippen molar-refractivity contribution in [3.63, 3.8) is 0 Å². The third-order valence-electron chi connectivity index (χ3n) is 3.92. The number of amides is 1. The lowest BCUT2D eigenvalue weighted by atomic mass is 10.2. The number of carbonyl (C=O) groups is 1. The normalized spacial score (nSPS) is 10.5. The highest BCUT2D eigenvalue weighted by molar-refractivity contribution is 8.03. The number of hydrogen-bond donors (Lipinski definition) is 1. The molecule has 158 valence electrons. The molecule has 0 saturated heterocycles. The molecule has 2 aromatic carbocycles. The zero-order valence-corrected chi connectivity index (χ0v) is 19.2. The Balaban J connectivity index is 1.48. The van der Waals surface area contributed by atoms with E-state index in [0.29, 0.717) is 17.2 Å². The number of nitrogens with one attached hydrogen (secondary N) is 1. The molecular formula is C20H21N3O4S3.